The van der Waals surface area contributed by atoms with Gasteiger partial charge in [0.05, 0.1) is 32.5 Å². The highest BCUT2D eigenvalue weighted by Gasteiger charge is 2.30. The van der Waals surface area contributed by atoms with Crippen LogP contribution in [-0.4, -0.2) is 15.9 Å². The number of hydrogen-bond acceptors (Lipinski definition) is 6. The molecule has 3 heterocycles. The number of aryl methyl sites for hydroxylation is 2. The Labute approximate surface area is 177 Å². The third kappa shape index (κ3) is 3.75. The van der Waals surface area contributed by atoms with Crippen molar-refractivity contribution in [3.8, 4) is 10.6 Å². The van der Waals surface area contributed by atoms with Gasteiger partial charge in [-0.05, 0) is 44.2 Å². The van der Waals surface area contributed by atoms with E-state index in [1.807, 2.05) is 19.9 Å². The van der Waals surface area contributed by atoms with Crippen LogP contribution in [0.2, 0.25) is 0 Å². The Kier molecular flexibility index (Phi) is 4.99. The van der Waals surface area contributed by atoms with Gasteiger partial charge in [-0.3, -0.25) is 4.79 Å². The number of aromatic nitrogens is 2. The summed E-state index contributed by atoms with van der Waals surface area (Å²) in [5, 5.41) is 4.04. The van der Waals surface area contributed by atoms with Crippen LogP contribution in [0.15, 0.2) is 36.4 Å². The second-order valence-electron chi connectivity index (χ2n) is 6.57. The number of hydrogen-bond donors (Lipinski definition) is 2. The predicted octanol–water partition coefficient (Wildman–Crippen LogP) is 5.89. The van der Waals surface area contributed by atoms with E-state index in [9.17, 15) is 18.0 Å². The van der Waals surface area contributed by atoms with Gasteiger partial charge in [0.1, 0.15) is 9.71 Å². The molecule has 0 aliphatic heterocycles. The lowest BCUT2D eigenvalue weighted by Gasteiger charge is -2.09. The molecule has 0 aliphatic carbocycles. The summed E-state index contributed by atoms with van der Waals surface area (Å²) >= 11 is 2.62. The fourth-order valence-electron chi connectivity index (χ4n) is 3.02. The number of pyridine rings is 1. The molecular formula is C20H15F3N4OS2. The van der Waals surface area contributed by atoms with E-state index in [4.69, 9.17) is 5.73 Å². The molecule has 0 unspecified atom stereocenters. The van der Waals surface area contributed by atoms with Gasteiger partial charge < -0.3 is 11.1 Å². The normalized spacial score (nSPS) is 11.8. The maximum atomic E-state index is 12.9. The number of carbonyl (C=O) groups excluding carboxylic acids is 1. The Morgan fingerprint density at radius 2 is 1.87 bits per heavy atom. The number of halogens is 3. The van der Waals surface area contributed by atoms with Crippen molar-refractivity contribution in [1.82, 2.24) is 9.97 Å². The van der Waals surface area contributed by atoms with Crippen molar-refractivity contribution in [2.45, 2.75) is 20.0 Å². The Hall–Kier alpha value is -2.98. The molecule has 3 N–H and O–H groups in total. The van der Waals surface area contributed by atoms with Gasteiger partial charge >= 0.3 is 6.18 Å². The monoisotopic (exact) mass is 448 g/mol. The fourth-order valence-corrected chi connectivity index (χ4v) is 4.90. The van der Waals surface area contributed by atoms with Crippen LogP contribution in [0.1, 0.15) is 25.9 Å². The maximum absolute atomic E-state index is 12.9. The second-order valence-corrected chi connectivity index (χ2v) is 8.78. The highest BCUT2D eigenvalue weighted by Crippen LogP contribution is 2.37. The van der Waals surface area contributed by atoms with Gasteiger partial charge in [-0.2, -0.15) is 13.2 Å². The topological polar surface area (TPSA) is 80.9 Å². The van der Waals surface area contributed by atoms with E-state index in [0.717, 1.165) is 44.7 Å². The summed E-state index contributed by atoms with van der Waals surface area (Å²) in [5.74, 6) is -0.582. The Balaban J connectivity index is 1.67. The van der Waals surface area contributed by atoms with Crippen LogP contribution >= 0.6 is 22.7 Å². The number of nitrogens with two attached hydrogens (primary N) is 1. The van der Waals surface area contributed by atoms with Crippen LogP contribution < -0.4 is 11.1 Å². The van der Waals surface area contributed by atoms with Gasteiger partial charge in [0.2, 0.25) is 0 Å². The summed E-state index contributed by atoms with van der Waals surface area (Å²) in [4.78, 5) is 23.4. The first-order valence-corrected chi connectivity index (χ1v) is 10.4. The molecule has 5 nitrogen and oxygen atoms in total. The van der Waals surface area contributed by atoms with Gasteiger partial charge in [0.25, 0.3) is 5.91 Å². The summed E-state index contributed by atoms with van der Waals surface area (Å²) < 4.78 is 38.7. The second kappa shape index (κ2) is 7.37. The lowest BCUT2D eigenvalue weighted by atomic mass is 10.2. The summed E-state index contributed by atoms with van der Waals surface area (Å²) in [5.41, 5.74) is 7.18. The number of amides is 1. The van der Waals surface area contributed by atoms with E-state index in [0.29, 0.717) is 10.2 Å². The molecule has 0 fully saturated rings. The number of nitrogens with zero attached hydrogens (tertiary/aromatic N) is 2. The average molecular weight is 448 g/mol. The van der Waals surface area contributed by atoms with E-state index in [-0.39, 0.29) is 16.3 Å². The van der Waals surface area contributed by atoms with Crippen LogP contribution in [0.3, 0.4) is 0 Å². The lowest BCUT2D eigenvalue weighted by Crippen LogP contribution is -2.13. The number of rotatable bonds is 3. The number of nitrogens with one attached hydrogen (secondary N) is 1. The van der Waals surface area contributed by atoms with E-state index >= 15 is 0 Å². The van der Waals surface area contributed by atoms with Crippen LogP contribution in [-0.2, 0) is 6.18 Å². The standard InChI is InChI=1S/C20H15F3N4OS2/c1-9-16(29-10(2)25-9)14-7-6-13-15(24)17(30-19(13)27-14)18(28)26-12-5-3-4-11(8-12)20(21,22)23/h3-8H,24H2,1-2H3,(H,26,28). The maximum Gasteiger partial charge on any atom is 0.416 e. The largest absolute Gasteiger partial charge is 0.416 e. The third-order valence-corrected chi connectivity index (χ3v) is 6.59. The van der Waals surface area contributed by atoms with Crippen molar-refractivity contribution in [1.29, 1.82) is 0 Å². The third-order valence-electron chi connectivity index (χ3n) is 4.38. The Morgan fingerprint density at radius 3 is 2.53 bits per heavy atom. The molecule has 1 aromatic carbocycles. The Morgan fingerprint density at radius 1 is 1.10 bits per heavy atom. The van der Waals surface area contributed by atoms with Gasteiger partial charge in [0.15, 0.2) is 0 Å². The van der Waals surface area contributed by atoms with Crippen molar-refractivity contribution >= 4 is 50.2 Å². The number of alkyl halides is 3. The molecule has 154 valence electrons. The minimum absolute atomic E-state index is 0.0380. The quantitative estimate of drug-likeness (QED) is 0.410. The number of thiazole rings is 1. The molecule has 0 saturated carbocycles. The molecule has 0 aliphatic rings. The lowest BCUT2D eigenvalue weighted by molar-refractivity contribution is -0.137. The van der Waals surface area contributed by atoms with E-state index in [1.165, 1.54) is 23.5 Å². The van der Waals surface area contributed by atoms with E-state index in [2.05, 4.69) is 15.3 Å². The number of anilines is 2. The average Bonchev–Trinajstić information content (AvgIpc) is 3.19. The number of fused-ring (bicyclic) bond motifs is 1. The summed E-state index contributed by atoms with van der Waals surface area (Å²) in [7, 11) is 0. The molecule has 0 atom stereocenters. The zero-order valence-electron chi connectivity index (χ0n) is 15.8. The van der Waals surface area contributed by atoms with Crippen molar-refractivity contribution in [3.05, 3.63) is 57.5 Å². The first kappa shape index (κ1) is 20.3. The SMILES string of the molecule is Cc1nc(C)c(-c2ccc3c(N)c(C(=O)Nc4cccc(C(F)(F)F)c4)sc3n2)s1. The van der Waals surface area contributed by atoms with Crippen LogP contribution in [0, 0.1) is 13.8 Å². The minimum Gasteiger partial charge on any atom is -0.397 e. The minimum atomic E-state index is -4.50. The highest BCUT2D eigenvalue weighted by atomic mass is 32.1. The predicted molar refractivity (Wildman–Crippen MR) is 114 cm³/mol. The molecule has 1 amide bonds. The Bertz CT molecular complexity index is 1280. The van der Waals surface area contributed by atoms with Crippen molar-refractivity contribution in [3.63, 3.8) is 0 Å². The number of thiophene rings is 1. The summed E-state index contributed by atoms with van der Waals surface area (Å²) in [6.07, 6.45) is -4.50. The number of nitrogen functional groups attached to an aromatic ring is 1. The highest BCUT2D eigenvalue weighted by molar-refractivity contribution is 7.21. The summed E-state index contributed by atoms with van der Waals surface area (Å²) in [6.45, 7) is 3.82. The number of carbonyl (C=O) groups is 1. The van der Waals surface area contributed by atoms with Gasteiger partial charge in [0, 0.05) is 11.1 Å². The first-order chi connectivity index (χ1) is 14.1. The molecule has 4 aromatic rings. The zero-order chi connectivity index (χ0) is 21.6. The molecule has 0 spiro atoms. The van der Waals surface area contributed by atoms with Crippen molar-refractivity contribution < 1.29 is 18.0 Å². The zero-order valence-corrected chi connectivity index (χ0v) is 17.4. The molecule has 0 radical (unpaired) electrons. The molecule has 4 rings (SSSR count). The van der Waals surface area contributed by atoms with Crippen molar-refractivity contribution in [2.24, 2.45) is 0 Å². The molecular weight excluding hydrogens is 433 g/mol. The first-order valence-electron chi connectivity index (χ1n) is 8.75. The molecule has 0 bridgehead atoms. The van der Waals surface area contributed by atoms with Gasteiger partial charge in [-0.1, -0.05) is 6.07 Å². The molecule has 30 heavy (non-hydrogen) atoms. The molecule has 10 heteroatoms. The smallest absolute Gasteiger partial charge is 0.397 e. The van der Waals surface area contributed by atoms with Crippen LogP contribution in [0.5, 0.6) is 0 Å². The van der Waals surface area contributed by atoms with Crippen LogP contribution in [0.4, 0.5) is 24.5 Å². The van der Waals surface area contributed by atoms with Gasteiger partial charge in [-0.15, -0.1) is 22.7 Å². The fraction of sp³-hybridized carbons (Fsp3) is 0.150. The molecule has 3 aromatic heterocycles. The van der Waals surface area contributed by atoms with Gasteiger partial charge in [-0.25, -0.2) is 9.97 Å². The van der Waals surface area contributed by atoms with E-state index in [1.54, 1.807) is 6.07 Å². The van der Waals surface area contributed by atoms with E-state index < -0.39 is 17.6 Å². The molecule has 0 saturated heterocycles. The van der Waals surface area contributed by atoms with Crippen LogP contribution in [0.25, 0.3) is 20.8 Å². The van der Waals surface area contributed by atoms with Crippen molar-refractivity contribution in [2.75, 3.05) is 11.1 Å². The summed E-state index contributed by atoms with van der Waals surface area (Å²) in [6, 6.07) is 8.06. The number of benzene rings is 1.